The first kappa shape index (κ1) is 11.8. The van der Waals surface area contributed by atoms with Crippen molar-refractivity contribution in [2.45, 2.75) is 13.5 Å². The molecule has 1 N–H and O–H groups in total. The van der Waals surface area contributed by atoms with Crippen molar-refractivity contribution < 1.29 is 4.39 Å². The molecule has 90 valence electrons. The number of nitrogens with one attached hydrogen (secondary N) is 1. The van der Waals surface area contributed by atoms with E-state index in [2.05, 4.69) is 10.4 Å². The summed E-state index contributed by atoms with van der Waals surface area (Å²) in [5, 5.41) is 7.55. The van der Waals surface area contributed by atoms with Gasteiger partial charge in [-0.2, -0.15) is 5.10 Å². The highest BCUT2D eigenvalue weighted by Gasteiger charge is 2.08. The molecule has 0 bridgehead atoms. The van der Waals surface area contributed by atoms with Gasteiger partial charge >= 0.3 is 0 Å². The second kappa shape index (κ2) is 5.10. The Hall–Kier alpha value is -1.68. The SMILES string of the molecule is CCNCc1cc(F)ccc1-c1ccn(C)n1. The highest BCUT2D eigenvalue weighted by molar-refractivity contribution is 5.63. The second-order valence-corrected chi connectivity index (χ2v) is 3.96. The lowest BCUT2D eigenvalue weighted by Gasteiger charge is -2.08. The van der Waals surface area contributed by atoms with E-state index < -0.39 is 0 Å². The minimum atomic E-state index is -0.211. The molecule has 0 unspecified atom stereocenters. The second-order valence-electron chi connectivity index (χ2n) is 3.96. The molecule has 0 aliphatic rings. The van der Waals surface area contributed by atoms with E-state index in [4.69, 9.17) is 0 Å². The van der Waals surface area contributed by atoms with Crippen molar-refractivity contribution in [2.75, 3.05) is 6.54 Å². The van der Waals surface area contributed by atoms with Crippen molar-refractivity contribution in [3.05, 3.63) is 41.8 Å². The Morgan fingerprint density at radius 3 is 2.82 bits per heavy atom. The Bertz CT molecular complexity index is 505. The van der Waals surface area contributed by atoms with E-state index in [0.717, 1.165) is 23.4 Å². The highest BCUT2D eigenvalue weighted by atomic mass is 19.1. The molecule has 2 aromatic rings. The van der Waals surface area contributed by atoms with Gasteiger partial charge in [0.15, 0.2) is 0 Å². The largest absolute Gasteiger partial charge is 0.313 e. The Balaban J connectivity index is 2.38. The van der Waals surface area contributed by atoms with Crippen LogP contribution in [-0.2, 0) is 13.6 Å². The van der Waals surface area contributed by atoms with Crippen LogP contribution < -0.4 is 5.32 Å². The predicted molar refractivity (Wildman–Crippen MR) is 66.0 cm³/mol. The third-order valence-electron chi connectivity index (χ3n) is 2.62. The van der Waals surface area contributed by atoms with Gasteiger partial charge in [-0.15, -0.1) is 0 Å². The van der Waals surface area contributed by atoms with Crippen molar-refractivity contribution in [1.82, 2.24) is 15.1 Å². The van der Waals surface area contributed by atoms with E-state index in [-0.39, 0.29) is 5.82 Å². The average molecular weight is 233 g/mol. The summed E-state index contributed by atoms with van der Waals surface area (Å²) in [7, 11) is 1.87. The monoisotopic (exact) mass is 233 g/mol. The van der Waals surface area contributed by atoms with Crippen LogP contribution in [0.25, 0.3) is 11.3 Å². The summed E-state index contributed by atoms with van der Waals surface area (Å²) in [4.78, 5) is 0. The lowest BCUT2D eigenvalue weighted by molar-refractivity contribution is 0.622. The van der Waals surface area contributed by atoms with Crippen LogP contribution in [0.3, 0.4) is 0 Å². The number of aryl methyl sites for hydroxylation is 1. The average Bonchev–Trinajstić information content (AvgIpc) is 2.73. The van der Waals surface area contributed by atoms with Crippen molar-refractivity contribution in [3.63, 3.8) is 0 Å². The molecule has 0 saturated heterocycles. The molecule has 1 aromatic carbocycles. The van der Waals surface area contributed by atoms with E-state index in [1.165, 1.54) is 6.07 Å². The van der Waals surface area contributed by atoms with E-state index in [9.17, 15) is 4.39 Å². The van der Waals surface area contributed by atoms with Gasteiger partial charge in [-0.3, -0.25) is 4.68 Å². The smallest absolute Gasteiger partial charge is 0.123 e. The van der Waals surface area contributed by atoms with Crippen LogP contribution >= 0.6 is 0 Å². The van der Waals surface area contributed by atoms with Gasteiger partial charge in [0.25, 0.3) is 0 Å². The van der Waals surface area contributed by atoms with Crippen LogP contribution in [-0.4, -0.2) is 16.3 Å². The van der Waals surface area contributed by atoms with Crippen molar-refractivity contribution in [1.29, 1.82) is 0 Å². The van der Waals surface area contributed by atoms with Crippen LogP contribution in [0.1, 0.15) is 12.5 Å². The van der Waals surface area contributed by atoms with Gasteiger partial charge in [0, 0.05) is 25.4 Å². The maximum atomic E-state index is 13.2. The zero-order chi connectivity index (χ0) is 12.3. The summed E-state index contributed by atoms with van der Waals surface area (Å²) in [6.07, 6.45) is 1.88. The van der Waals surface area contributed by atoms with Gasteiger partial charge in [0.2, 0.25) is 0 Å². The summed E-state index contributed by atoms with van der Waals surface area (Å²) in [6.45, 7) is 3.54. The first-order chi connectivity index (χ1) is 8.20. The quantitative estimate of drug-likeness (QED) is 0.878. The standard InChI is InChI=1S/C13H16FN3/c1-3-15-9-10-8-11(14)4-5-12(10)13-6-7-17(2)16-13/h4-8,15H,3,9H2,1-2H3. The number of aromatic nitrogens is 2. The summed E-state index contributed by atoms with van der Waals surface area (Å²) in [6, 6.07) is 6.75. The van der Waals surface area contributed by atoms with Crippen LogP contribution in [0.2, 0.25) is 0 Å². The summed E-state index contributed by atoms with van der Waals surface area (Å²) >= 11 is 0. The van der Waals surface area contributed by atoms with Crippen molar-refractivity contribution in [3.8, 4) is 11.3 Å². The summed E-state index contributed by atoms with van der Waals surface area (Å²) in [5.41, 5.74) is 2.79. The van der Waals surface area contributed by atoms with Gasteiger partial charge in [0.1, 0.15) is 5.82 Å². The molecular weight excluding hydrogens is 217 g/mol. The van der Waals surface area contributed by atoms with Gasteiger partial charge in [0.05, 0.1) is 5.69 Å². The lowest BCUT2D eigenvalue weighted by atomic mass is 10.0. The molecule has 0 aliphatic heterocycles. The molecule has 4 heteroatoms. The lowest BCUT2D eigenvalue weighted by Crippen LogP contribution is -2.12. The number of nitrogens with zero attached hydrogens (tertiary/aromatic N) is 2. The van der Waals surface area contributed by atoms with Gasteiger partial charge in [-0.05, 0) is 36.4 Å². The number of hydrogen-bond acceptors (Lipinski definition) is 2. The molecule has 0 atom stereocenters. The third kappa shape index (κ3) is 2.71. The molecule has 2 rings (SSSR count). The Morgan fingerprint density at radius 2 is 2.18 bits per heavy atom. The maximum Gasteiger partial charge on any atom is 0.123 e. The molecule has 0 aliphatic carbocycles. The molecule has 0 saturated carbocycles. The Labute approximate surface area is 100 Å². The van der Waals surface area contributed by atoms with Crippen molar-refractivity contribution >= 4 is 0 Å². The zero-order valence-corrected chi connectivity index (χ0v) is 10.1. The first-order valence-corrected chi connectivity index (χ1v) is 5.70. The molecule has 1 heterocycles. The normalized spacial score (nSPS) is 10.8. The summed E-state index contributed by atoms with van der Waals surface area (Å²) < 4.78 is 15.0. The molecule has 0 fully saturated rings. The third-order valence-corrected chi connectivity index (χ3v) is 2.62. The highest BCUT2D eigenvalue weighted by Crippen LogP contribution is 2.22. The Kier molecular flexibility index (Phi) is 3.54. The molecule has 3 nitrogen and oxygen atoms in total. The van der Waals surface area contributed by atoms with Gasteiger partial charge in [-0.25, -0.2) is 4.39 Å². The van der Waals surface area contributed by atoms with E-state index in [1.54, 1.807) is 16.8 Å². The van der Waals surface area contributed by atoms with Crippen LogP contribution in [0.4, 0.5) is 4.39 Å². The van der Waals surface area contributed by atoms with E-state index in [1.807, 2.05) is 26.2 Å². The molecule has 0 spiro atoms. The fourth-order valence-corrected chi connectivity index (χ4v) is 1.78. The fourth-order valence-electron chi connectivity index (χ4n) is 1.78. The molecular formula is C13H16FN3. The number of rotatable bonds is 4. The minimum Gasteiger partial charge on any atom is -0.313 e. The van der Waals surface area contributed by atoms with E-state index in [0.29, 0.717) is 6.54 Å². The minimum absolute atomic E-state index is 0.211. The number of benzene rings is 1. The Morgan fingerprint density at radius 1 is 1.35 bits per heavy atom. The van der Waals surface area contributed by atoms with E-state index >= 15 is 0 Å². The fraction of sp³-hybridized carbons (Fsp3) is 0.308. The van der Waals surface area contributed by atoms with Crippen LogP contribution in [0.5, 0.6) is 0 Å². The molecule has 17 heavy (non-hydrogen) atoms. The first-order valence-electron chi connectivity index (χ1n) is 5.70. The molecule has 1 aromatic heterocycles. The topological polar surface area (TPSA) is 29.9 Å². The van der Waals surface area contributed by atoms with Crippen molar-refractivity contribution in [2.24, 2.45) is 7.05 Å². The maximum absolute atomic E-state index is 13.2. The number of halogens is 1. The molecule has 0 amide bonds. The predicted octanol–water partition coefficient (Wildman–Crippen LogP) is 2.34. The van der Waals surface area contributed by atoms with Crippen LogP contribution in [0, 0.1) is 5.82 Å². The van der Waals surface area contributed by atoms with Crippen LogP contribution in [0.15, 0.2) is 30.5 Å². The number of hydrogen-bond donors (Lipinski definition) is 1. The zero-order valence-electron chi connectivity index (χ0n) is 10.1. The molecule has 0 radical (unpaired) electrons. The van der Waals surface area contributed by atoms with Gasteiger partial charge < -0.3 is 5.32 Å². The summed E-state index contributed by atoms with van der Waals surface area (Å²) in [5.74, 6) is -0.211. The van der Waals surface area contributed by atoms with Gasteiger partial charge in [-0.1, -0.05) is 6.92 Å².